The van der Waals surface area contributed by atoms with Crippen LogP contribution in [0.2, 0.25) is 0 Å². The first kappa shape index (κ1) is 19.1. The molecule has 1 aliphatic heterocycles. The fourth-order valence-electron chi connectivity index (χ4n) is 3.51. The molecule has 0 radical (unpaired) electrons. The maximum absolute atomic E-state index is 13.2. The maximum Gasteiger partial charge on any atom is 0.322 e. The molecule has 4 rings (SSSR count). The Labute approximate surface area is 170 Å². The van der Waals surface area contributed by atoms with Crippen molar-refractivity contribution in [1.82, 2.24) is 19.7 Å². The van der Waals surface area contributed by atoms with Crippen LogP contribution in [0.25, 0.3) is 0 Å². The van der Waals surface area contributed by atoms with Gasteiger partial charge in [-0.25, -0.2) is 4.79 Å². The molecule has 2 aromatic heterocycles. The van der Waals surface area contributed by atoms with Gasteiger partial charge < -0.3 is 15.0 Å². The molecule has 29 heavy (non-hydrogen) atoms. The summed E-state index contributed by atoms with van der Waals surface area (Å²) in [7, 11) is 0. The number of benzene rings is 1. The second-order valence-electron chi connectivity index (χ2n) is 7.17. The van der Waals surface area contributed by atoms with E-state index in [0.717, 1.165) is 36.3 Å². The lowest BCUT2D eigenvalue weighted by atomic mass is 10.1. The van der Waals surface area contributed by atoms with E-state index in [1.54, 1.807) is 23.5 Å². The third-order valence-corrected chi connectivity index (χ3v) is 4.98. The van der Waals surface area contributed by atoms with Crippen LogP contribution in [0.4, 0.5) is 10.5 Å². The molecule has 1 fully saturated rings. The van der Waals surface area contributed by atoms with Crippen LogP contribution in [0.5, 0.6) is 0 Å². The molecule has 0 saturated carbocycles. The zero-order valence-electron chi connectivity index (χ0n) is 16.3. The number of nitrogens with one attached hydrogen (secondary N) is 1. The van der Waals surface area contributed by atoms with Gasteiger partial charge in [-0.05, 0) is 42.2 Å². The number of urea groups is 1. The van der Waals surface area contributed by atoms with Gasteiger partial charge in [0.1, 0.15) is 0 Å². The lowest BCUT2D eigenvalue weighted by Gasteiger charge is -2.26. The molecular weight excluding hydrogens is 366 g/mol. The summed E-state index contributed by atoms with van der Waals surface area (Å²) >= 11 is 0. The Morgan fingerprint density at radius 2 is 2.14 bits per heavy atom. The number of para-hydroxylation sites is 1. The number of anilines is 1. The van der Waals surface area contributed by atoms with E-state index in [9.17, 15) is 4.79 Å². The highest BCUT2D eigenvalue weighted by Gasteiger charge is 2.23. The molecule has 1 aromatic carbocycles. The van der Waals surface area contributed by atoms with E-state index in [2.05, 4.69) is 15.4 Å². The summed E-state index contributed by atoms with van der Waals surface area (Å²) in [6, 6.07) is 13.4. The van der Waals surface area contributed by atoms with Gasteiger partial charge in [0.25, 0.3) is 0 Å². The van der Waals surface area contributed by atoms with Gasteiger partial charge in [-0.1, -0.05) is 24.3 Å². The minimum absolute atomic E-state index is 0.0803. The number of amides is 2. The van der Waals surface area contributed by atoms with Gasteiger partial charge in [-0.15, -0.1) is 0 Å². The summed E-state index contributed by atoms with van der Waals surface area (Å²) in [5.41, 5.74) is 2.78. The second-order valence-corrected chi connectivity index (χ2v) is 7.17. The van der Waals surface area contributed by atoms with Gasteiger partial charge >= 0.3 is 6.03 Å². The van der Waals surface area contributed by atoms with E-state index in [0.29, 0.717) is 19.6 Å². The van der Waals surface area contributed by atoms with Crippen molar-refractivity contribution in [3.05, 3.63) is 78.4 Å². The number of nitrogens with zero attached hydrogens (tertiary/aromatic N) is 4. The van der Waals surface area contributed by atoms with Gasteiger partial charge in [-0.3, -0.25) is 9.67 Å². The number of ether oxygens (including phenoxy) is 1. The zero-order chi connectivity index (χ0) is 19.9. The smallest absolute Gasteiger partial charge is 0.322 e. The Bertz CT molecular complexity index is 908. The minimum atomic E-state index is -0.141. The second kappa shape index (κ2) is 9.34. The molecule has 0 aliphatic carbocycles. The predicted molar refractivity (Wildman–Crippen MR) is 110 cm³/mol. The summed E-state index contributed by atoms with van der Waals surface area (Å²) < 4.78 is 7.60. The van der Waals surface area contributed by atoms with Crippen molar-refractivity contribution in [3.8, 4) is 0 Å². The molecule has 7 heteroatoms. The summed E-state index contributed by atoms with van der Waals surface area (Å²) in [5, 5.41) is 7.35. The Hall–Kier alpha value is -3.19. The number of carbonyl (C=O) groups is 1. The third kappa shape index (κ3) is 5.20. The first-order chi connectivity index (χ1) is 14.3. The highest BCUT2D eigenvalue weighted by Crippen LogP contribution is 2.19. The van der Waals surface area contributed by atoms with Crippen LogP contribution in [-0.2, 0) is 17.8 Å². The number of hydrogen-bond donors (Lipinski definition) is 1. The number of hydrogen-bond acceptors (Lipinski definition) is 4. The van der Waals surface area contributed by atoms with E-state index in [-0.39, 0.29) is 12.1 Å². The van der Waals surface area contributed by atoms with Crippen LogP contribution in [0.1, 0.15) is 24.0 Å². The first-order valence-electron chi connectivity index (χ1n) is 9.90. The van der Waals surface area contributed by atoms with E-state index in [1.807, 2.05) is 53.3 Å². The van der Waals surface area contributed by atoms with Crippen LogP contribution < -0.4 is 5.32 Å². The molecular formula is C22H25N5O2. The van der Waals surface area contributed by atoms with Gasteiger partial charge in [0, 0.05) is 50.2 Å². The van der Waals surface area contributed by atoms with Crippen LogP contribution in [0.15, 0.2) is 67.3 Å². The van der Waals surface area contributed by atoms with E-state index in [1.165, 1.54) is 0 Å². The average Bonchev–Trinajstić information content (AvgIpc) is 3.44. The number of pyridine rings is 1. The highest BCUT2D eigenvalue weighted by atomic mass is 16.5. The molecule has 1 N–H and O–H groups in total. The fourth-order valence-corrected chi connectivity index (χ4v) is 3.51. The molecule has 7 nitrogen and oxygen atoms in total. The Morgan fingerprint density at radius 1 is 1.21 bits per heavy atom. The number of rotatable bonds is 7. The molecule has 0 spiro atoms. The molecule has 0 unspecified atom stereocenters. The molecule has 1 saturated heterocycles. The third-order valence-electron chi connectivity index (χ3n) is 4.98. The summed E-state index contributed by atoms with van der Waals surface area (Å²) in [6.07, 6.45) is 9.29. The fraction of sp³-hybridized carbons (Fsp3) is 0.318. The Kier molecular flexibility index (Phi) is 6.16. The summed E-state index contributed by atoms with van der Waals surface area (Å²) in [5.74, 6) is 0. The monoisotopic (exact) mass is 391 g/mol. The molecule has 2 amide bonds. The van der Waals surface area contributed by atoms with Crippen molar-refractivity contribution in [2.24, 2.45) is 0 Å². The predicted octanol–water partition coefficient (Wildman–Crippen LogP) is 3.54. The molecule has 0 bridgehead atoms. The molecule has 3 heterocycles. The Balaban J connectivity index is 1.50. The average molecular weight is 391 g/mol. The SMILES string of the molecule is O=C(Nc1ccccc1Cn1cccn1)N(Cc1cccnc1)C[C@@H]1CCCO1. The number of aromatic nitrogens is 3. The van der Waals surface area contributed by atoms with Crippen molar-refractivity contribution in [2.45, 2.75) is 32.0 Å². The van der Waals surface area contributed by atoms with Crippen LogP contribution in [0.3, 0.4) is 0 Å². The topological polar surface area (TPSA) is 72.3 Å². The van der Waals surface area contributed by atoms with Crippen molar-refractivity contribution in [3.63, 3.8) is 0 Å². The Morgan fingerprint density at radius 3 is 2.90 bits per heavy atom. The zero-order valence-corrected chi connectivity index (χ0v) is 16.3. The van der Waals surface area contributed by atoms with Crippen molar-refractivity contribution >= 4 is 11.7 Å². The van der Waals surface area contributed by atoms with Crippen molar-refractivity contribution in [1.29, 1.82) is 0 Å². The normalized spacial score (nSPS) is 15.9. The highest BCUT2D eigenvalue weighted by molar-refractivity contribution is 5.90. The lowest BCUT2D eigenvalue weighted by Crippen LogP contribution is -2.39. The number of carbonyl (C=O) groups excluding carboxylic acids is 1. The molecule has 150 valence electrons. The van der Waals surface area contributed by atoms with Crippen LogP contribution in [0, 0.1) is 0 Å². The first-order valence-corrected chi connectivity index (χ1v) is 9.90. The van der Waals surface area contributed by atoms with E-state index < -0.39 is 0 Å². The molecule has 1 aliphatic rings. The van der Waals surface area contributed by atoms with Gasteiger partial charge in [0.2, 0.25) is 0 Å². The largest absolute Gasteiger partial charge is 0.376 e. The van der Waals surface area contributed by atoms with Crippen LogP contribution in [-0.4, -0.2) is 45.0 Å². The molecule has 3 aromatic rings. The van der Waals surface area contributed by atoms with Gasteiger partial charge in [0.15, 0.2) is 0 Å². The maximum atomic E-state index is 13.2. The van der Waals surface area contributed by atoms with Crippen molar-refractivity contribution < 1.29 is 9.53 Å². The molecule has 1 atom stereocenters. The minimum Gasteiger partial charge on any atom is -0.376 e. The van der Waals surface area contributed by atoms with Crippen LogP contribution >= 0.6 is 0 Å². The van der Waals surface area contributed by atoms with E-state index in [4.69, 9.17) is 4.74 Å². The summed E-state index contributed by atoms with van der Waals surface area (Å²) in [6.45, 7) is 2.40. The summed E-state index contributed by atoms with van der Waals surface area (Å²) in [4.78, 5) is 19.1. The lowest BCUT2D eigenvalue weighted by molar-refractivity contribution is 0.0819. The van der Waals surface area contributed by atoms with Crippen molar-refractivity contribution in [2.75, 3.05) is 18.5 Å². The standard InChI is InChI=1S/C22H25N5O2/c28-22(25-21-9-2-1-7-19(21)16-27-12-5-11-24-27)26(17-20-8-4-13-29-20)15-18-6-3-10-23-14-18/h1-3,5-7,9-12,14,20H,4,8,13,15-17H2,(H,25,28)/t20-/m0/s1. The van der Waals surface area contributed by atoms with E-state index >= 15 is 0 Å². The quantitative estimate of drug-likeness (QED) is 0.669. The van der Waals surface area contributed by atoms with Gasteiger partial charge in [-0.2, -0.15) is 5.10 Å². The van der Waals surface area contributed by atoms with Gasteiger partial charge in [0.05, 0.1) is 12.6 Å².